The lowest BCUT2D eigenvalue weighted by Gasteiger charge is -2.28. The van der Waals surface area contributed by atoms with Crippen LogP contribution in [0.15, 0.2) is 82.0 Å². The summed E-state index contributed by atoms with van der Waals surface area (Å²) in [4.78, 5) is 28.3. The standard InChI is InChI=1S/C29H24BrN5O4/c30-12-14-38-20-10-9-18-15-24(29(37)39-25(18)16-20)35-28-22-7-3-4-8-23(22)34(26(36)11-13-31)17-19-5-1-2-6-21(19)27(28)32-33-35/h1-10,15-16H,11-14,17,31H2. The van der Waals surface area contributed by atoms with Gasteiger partial charge in [0.2, 0.25) is 5.91 Å². The Bertz CT molecular complexity index is 1760. The van der Waals surface area contributed by atoms with Crippen LogP contribution >= 0.6 is 15.9 Å². The first-order valence-corrected chi connectivity index (χ1v) is 13.6. The zero-order chi connectivity index (χ0) is 26.9. The van der Waals surface area contributed by atoms with Gasteiger partial charge in [-0.3, -0.25) is 4.79 Å². The van der Waals surface area contributed by atoms with E-state index >= 15 is 0 Å². The van der Waals surface area contributed by atoms with Gasteiger partial charge in [0.15, 0.2) is 5.69 Å². The molecule has 9 nitrogen and oxygen atoms in total. The third kappa shape index (κ3) is 4.51. The number of nitrogens with two attached hydrogens (primary N) is 1. The van der Waals surface area contributed by atoms with Gasteiger partial charge in [0.1, 0.15) is 22.7 Å². The van der Waals surface area contributed by atoms with E-state index in [1.807, 2.05) is 60.7 Å². The number of benzene rings is 3. The zero-order valence-corrected chi connectivity index (χ0v) is 22.4. The van der Waals surface area contributed by atoms with Gasteiger partial charge in [-0.15, -0.1) is 5.10 Å². The van der Waals surface area contributed by atoms with Crippen LogP contribution in [-0.2, 0) is 11.3 Å². The lowest BCUT2D eigenvalue weighted by molar-refractivity contribution is -0.118. The van der Waals surface area contributed by atoms with Crippen LogP contribution in [-0.4, -0.2) is 39.4 Å². The molecule has 2 N–H and O–H groups in total. The number of para-hydroxylation sites is 1. The molecular formula is C29H24BrN5O4. The molecule has 0 aliphatic carbocycles. The fourth-order valence-corrected chi connectivity index (χ4v) is 5.04. The topological polar surface area (TPSA) is 116 Å². The van der Waals surface area contributed by atoms with Crippen molar-refractivity contribution in [3.05, 3.63) is 88.8 Å². The Hall–Kier alpha value is -4.28. The third-order valence-electron chi connectivity index (χ3n) is 6.64. The van der Waals surface area contributed by atoms with Crippen LogP contribution in [0.25, 0.3) is 39.2 Å². The van der Waals surface area contributed by atoms with Crippen LogP contribution in [0.4, 0.5) is 5.69 Å². The minimum atomic E-state index is -0.572. The van der Waals surface area contributed by atoms with Gasteiger partial charge in [-0.25, -0.2) is 9.48 Å². The maximum Gasteiger partial charge on any atom is 0.362 e. The zero-order valence-electron chi connectivity index (χ0n) is 20.8. The fourth-order valence-electron chi connectivity index (χ4n) is 4.88. The normalized spacial score (nSPS) is 12.3. The molecule has 6 rings (SSSR count). The van der Waals surface area contributed by atoms with Crippen LogP contribution in [0, 0.1) is 0 Å². The second-order valence-corrected chi connectivity index (χ2v) is 9.84. The lowest BCUT2D eigenvalue weighted by atomic mass is 9.95. The van der Waals surface area contributed by atoms with Crippen LogP contribution in [0.3, 0.4) is 0 Å². The molecular weight excluding hydrogens is 562 g/mol. The number of carbonyl (C=O) groups excluding carboxylic acids is 1. The first kappa shape index (κ1) is 25.0. The van der Waals surface area contributed by atoms with E-state index in [0.29, 0.717) is 52.3 Å². The Morgan fingerprint density at radius 3 is 2.64 bits per heavy atom. The molecule has 39 heavy (non-hydrogen) atoms. The Kier molecular flexibility index (Phi) is 6.72. The van der Waals surface area contributed by atoms with Gasteiger partial charge in [-0.2, -0.15) is 0 Å². The summed E-state index contributed by atoms with van der Waals surface area (Å²) in [6.45, 7) is 1.09. The van der Waals surface area contributed by atoms with E-state index in [2.05, 4.69) is 26.2 Å². The maximum absolute atomic E-state index is 13.3. The molecule has 0 unspecified atom stereocenters. The van der Waals surface area contributed by atoms with E-state index in [1.165, 1.54) is 4.68 Å². The number of anilines is 1. The summed E-state index contributed by atoms with van der Waals surface area (Å²) in [5, 5.41) is 10.4. The molecule has 0 saturated heterocycles. The quantitative estimate of drug-likeness (QED) is 0.227. The highest BCUT2D eigenvalue weighted by Crippen LogP contribution is 2.42. The summed E-state index contributed by atoms with van der Waals surface area (Å²) in [7, 11) is 0. The molecule has 3 heterocycles. The predicted octanol–water partition coefficient (Wildman–Crippen LogP) is 4.68. The summed E-state index contributed by atoms with van der Waals surface area (Å²) in [5.74, 6) is 0.516. The number of halogens is 1. The van der Waals surface area contributed by atoms with E-state index < -0.39 is 5.63 Å². The number of ether oxygens (including phenoxy) is 1. The summed E-state index contributed by atoms with van der Waals surface area (Å²) >= 11 is 3.34. The summed E-state index contributed by atoms with van der Waals surface area (Å²) in [6.07, 6.45) is 0.205. The number of fused-ring (bicyclic) bond motifs is 6. The number of nitrogens with zero attached hydrogens (tertiary/aromatic N) is 4. The van der Waals surface area contributed by atoms with E-state index in [0.717, 1.165) is 16.7 Å². The average Bonchev–Trinajstić information content (AvgIpc) is 3.38. The number of hydrogen-bond donors (Lipinski definition) is 1. The molecule has 5 aromatic rings. The molecule has 0 bridgehead atoms. The third-order valence-corrected chi connectivity index (χ3v) is 6.97. The molecule has 10 heteroatoms. The molecule has 0 spiro atoms. The van der Waals surface area contributed by atoms with Crippen molar-refractivity contribution in [3.63, 3.8) is 0 Å². The van der Waals surface area contributed by atoms with E-state index in [9.17, 15) is 9.59 Å². The van der Waals surface area contributed by atoms with Crippen molar-refractivity contribution >= 4 is 38.5 Å². The minimum absolute atomic E-state index is 0.0922. The molecule has 1 aliphatic heterocycles. The Labute approximate surface area is 231 Å². The van der Waals surface area contributed by atoms with Crippen molar-refractivity contribution in [2.45, 2.75) is 13.0 Å². The highest BCUT2D eigenvalue weighted by Gasteiger charge is 2.30. The molecule has 3 aromatic carbocycles. The van der Waals surface area contributed by atoms with Crippen molar-refractivity contribution in [2.75, 3.05) is 23.4 Å². The number of carbonyl (C=O) groups is 1. The second-order valence-electron chi connectivity index (χ2n) is 9.05. The molecule has 0 radical (unpaired) electrons. The molecule has 1 amide bonds. The highest BCUT2D eigenvalue weighted by atomic mass is 79.9. The Morgan fingerprint density at radius 2 is 1.82 bits per heavy atom. The summed E-state index contributed by atoms with van der Waals surface area (Å²) in [5.41, 5.74) is 10.1. The average molecular weight is 586 g/mol. The van der Waals surface area contributed by atoms with Crippen molar-refractivity contribution < 1.29 is 13.9 Å². The Balaban J connectivity index is 1.58. The van der Waals surface area contributed by atoms with Gasteiger partial charge in [-0.1, -0.05) is 63.6 Å². The van der Waals surface area contributed by atoms with Gasteiger partial charge in [0.25, 0.3) is 0 Å². The van der Waals surface area contributed by atoms with Crippen molar-refractivity contribution in [1.82, 2.24) is 15.0 Å². The number of rotatable bonds is 6. The number of aromatic nitrogens is 3. The molecule has 0 fully saturated rings. The number of amides is 1. The van der Waals surface area contributed by atoms with Crippen LogP contribution in [0.2, 0.25) is 0 Å². The first-order chi connectivity index (χ1) is 19.1. The van der Waals surface area contributed by atoms with Gasteiger partial charge in [0.05, 0.1) is 18.8 Å². The predicted molar refractivity (Wildman–Crippen MR) is 152 cm³/mol. The molecule has 0 atom stereocenters. The van der Waals surface area contributed by atoms with Crippen LogP contribution in [0.5, 0.6) is 5.75 Å². The smallest absolute Gasteiger partial charge is 0.362 e. The van der Waals surface area contributed by atoms with E-state index in [4.69, 9.17) is 14.9 Å². The van der Waals surface area contributed by atoms with Crippen LogP contribution in [0.1, 0.15) is 12.0 Å². The highest BCUT2D eigenvalue weighted by molar-refractivity contribution is 9.09. The molecule has 196 valence electrons. The lowest BCUT2D eigenvalue weighted by Crippen LogP contribution is -2.33. The fraction of sp³-hybridized carbons (Fsp3) is 0.172. The van der Waals surface area contributed by atoms with Gasteiger partial charge >= 0.3 is 5.63 Å². The first-order valence-electron chi connectivity index (χ1n) is 12.5. The van der Waals surface area contributed by atoms with E-state index in [-0.39, 0.29) is 24.6 Å². The molecule has 2 aromatic heterocycles. The minimum Gasteiger partial charge on any atom is -0.493 e. The van der Waals surface area contributed by atoms with Crippen molar-refractivity contribution in [3.8, 4) is 34.0 Å². The largest absolute Gasteiger partial charge is 0.493 e. The molecule has 0 saturated carbocycles. The van der Waals surface area contributed by atoms with Gasteiger partial charge in [0, 0.05) is 40.9 Å². The summed E-state index contributed by atoms with van der Waals surface area (Å²) in [6, 6.07) is 22.4. The maximum atomic E-state index is 13.3. The SMILES string of the molecule is NCCC(=O)N1Cc2ccccc2-c2nnn(-c3cc4ccc(OCCBr)cc4oc3=O)c2-c2ccccc21. The Morgan fingerprint density at radius 1 is 1.03 bits per heavy atom. The van der Waals surface area contributed by atoms with Gasteiger partial charge < -0.3 is 19.8 Å². The number of hydrogen-bond acceptors (Lipinski definition) is 7. The van der Waals surface area contributed by atoms with Crippen molar-refractivity contribution in [2.24, 2.45) is 5.73 Å². The van der Waals surface area contributed by atoms with Crippen molar-refractivity contribution in [1.29, 1.82) is 0 Å². The van der Waals surface area contributed by atoms with Gasteiger partial charge in [-0.05, 0) is 29.8 Å². The van der Waals surface area contributed by atoms with E-state index in [1.54, 1.807) is 17.0 Å². The monoisotopic (exact) mass is 585 g/mol. The number of alkyl halides is 1. The molecule has 1 aliphatic rings. The second kappa shape index (κ2) is 10.5. The van der Waals surface area contributed by atoms with Crippen LogP contribution < -0.4 is 21.0 Å². The summed E-state index contributed by atoms with van der Waals surface area (Å²) < 4.78 is 12.9.